The zero-order valence-electron chi connectivity index (χ0n) is 6.98. The van der Waals surface area contributed by atoms with Crippen LogP contribution < -0.4 is 0 Å². The molecular formula is C6H12O7P+. The van der Waals surface area contributed by atoms with Crippen molar-refractivity contribution in [1.29, 1.82) is 0 Å². The van der Waals surface area contributed by atoms with E-state index in [2.05, 4.69) is 0 Å². The molecule has 8 heteroatoms. The summed E-state index contributed by atoms with van der Waals surface area (Å²) in [6.07, 6.45) is -9.48. The van der Waals surface area contributed by atoms with E-state index in [9.17, 15) is 19.9 Å². The normalized spacial score (nSPS) is 54.9. The summed E-state index contributed by atoms with van der Waals surface area (Å²) in [6.45, 7) is 0. The molecule has 1 rings (SSSR count). The molecule has 1 aliphatic rings. The first kappa shape index (κ1) is 11.9. The minimum atomic E-state index is -2.52. The van der Waals surface area contributed by atoms with Crippen LogP contribution in [0.5, 0.6) is 0 Å². The SMILES string of the molecule is O=[PH+]C1(O)[C@H](O)[C@H](O)C(O)[C@H](O)[C@H]1O. The zero-order valence-corrected chi connectivity index (χ0v) is 7.98. The quantitative estimate of drug-likeness (QED) is 0.256. The molecule has 0 heterocycles. The van der Waals surface area contributed by atoms with Gasteiger partial charge in [0.05, 0.1) is 0 Å². The summed E-state index contributed by atoms with van der Waals surface area (Å²) in [5, 5.41) is 52.7. The lowest BCUT2D eigenvalue weighted by molar-refractivity contribution is -0.237. The minimum absolute atomic E-state index is 1.54. The van der Waals surface area contributed by atoms with Crippen LogP contribution in [0.25, 0.3) is 0 Å². The van der Waals surface area contributed by atoms with Gasteiger partial charge in [-0.2, -0.15) is 0 Å². The van der Waals surface area contributed by atoms with E-state index in [1.54, 1.807) is 0 Å². The van der Waals surface area contributed by atoms with E-state index in [-0.39, 0.29) is 0 Å². The van der Waals surface area contributed by atoms with Crippen LogP contribution >= 0.6 is 8.46 Å². The van der Waals surface area contributed by atoms with Gasteiger partial charge in [-0.1, -0.05) is 4.57 Å². The van der Waals surface area contributed by atoms with Gasteiger partial charge in [0, 0.05) is 0 Å². The molecule has 7 nitrogen and oxygen atoms in total. The molecule has 0 aliphatic heterocycles. The first-order chi connectivity index (χ1) is 6.36. The van der Waals surface area contributed by atoms with Gasteiger partial charge < -0.3 is 30.6 Å². The van der Waals surface area contributed by atoms with Gasteiger partial charge in [0.1, 0.15) is 18.3 Å². The van der Waals surface area contributed by atoms with E-state index >= 15 is 0 Å². The Morgan fingerprint density at radius 2 is 1.21 bits per heavy atom. The van der Waals surface area contributed by atoms with Crippen LogP contribution in [-0.2, 0) is 4.57 Å². The van der Waals surface area contributed by atoms with Crippen molar-refractivity contribution in [2.75, 3.05) is 0 Å². The van der Waals surface area contributed by atoms with Gasteiger partial charge in [-0.3, -0.25) is 0 Å². The highest BCUT2D eigenvalue weighted by Crippen LogP contribution is 2.37. The molecule has 14 heavy (non-hydrogen) atoms. The highest BCUT2D eigenvalue weighted by atomic mass is 31.1. The molecule has 0 bridgehead atoms. The van der Waals surface area contributed by atoms with Crippen LogP contribution in [0, 0.1) is 0 Å². The Kier molecular flexibility index (Phi) is 3.23. The fourth-order valence-corrected chi connectivity index (χ4v) is 1.97. The Bertz CT molecular complexity index is 218. The fraction of sp³-hybridized carbons (Fsp3) is 1.00. The van der Waals surface area contributed by atoms with Crippen molar-refractivity contribution in [2.45, 2.75) is 35.9 Å². The molecule has 1 saturated carbocycles. The van der Waals surface area contributed by atoms with Gasteiger partial charge in [-0.05, 0) is 0 Å². The fourth-order valence-electron chi connectivity index (χ4n) is 1.39. The maximum absolute atomic E-state index is 10.6. The molecule has 3 unspecified atom stereocenters. The molecule has 0 amide bonds. The van der Waals surface area contributed by atoms with E-state index in [1.807, 2.05) is 0 Å². The third kappa shape index (κ3) is 1.47. The topological polar surface area (TPSA) is 138 Å². The predicted octanol–water partition coefficient (Wildman–Crippen LogP) is -3.48. The average Bonchev–Trinajstić information content (AvgIpc) is 2.21. The Labute approximate surface area is 80.4 Å². The van der Waals surface area contributed by atoms with Crippen molar-refractivity contribution in [1.82, 2.24) is 0 Å². The molecule has 0 spiro atoms. The van der Waals surface area contributed by atoms with Crippen LogP contribution in [0.1, 0.15) is 0 Å². The molecule has 1 fully saturated rings. The maximum Gasteiger partial charge on any atom is 0.365 e. The van der Waals surface area contributed by atoms with E-state index in [1.165, 1.54) is 0 Å². The average molecular weight is 227 g/mol. The van der Waals surface area contributed by atoms with E-state index in [0.29, 0.717) is 0 Å². The zero-order chi connectivity index (χ0) is 11.1. The highest BCUT2D eigenvalue weighted by molar-refractivity contribution is 7.25. The smallest absolute Gasteiger partial charge is 0.365 e. The molecule has 0 aromatic carbocycles. The van der Waals surface area contributed by atoms with Gasteiger partial charge in [-0.15, -0.1) is 0 Å². The molecule has 6 N–H and O–H groups in total. The van der Waals surface area contributed by atoms with Crippen molar-refractivity contribution in [2.24, 2.45) is 0 Å². The van der Waals surface area contributed by atoms with Gasteiger partial charge in [0.15, 0.2) is 12.2 Å². The third-order valence-corrected chi connectivity index (χ3v) is 3.33. The lowest BCUT2D eigenvalue weighted by atomic mass is 9.84. The summed E-state index contributed by atoms with van der Waals surface area (Å²) in [7, 11) is -1.54. The van der Waals surface area contributed by atoms with E-state index in [4.69, 9.17) is 15.3 Å². The van der Waals surface area contributed by atoms with Crippen molar-refractivity contribution in [3.8, 4) is 0 Å². The third-order valence-electron chi connectivity index (χ3n) is 2.41. The molecule has 0 radical (unpaired) electrons. The summed E-state index contributed by atoms with van der Waals surface area (Å²) in [4.78, 5) is 0. The summed E-state index contributed by atoms with van der Waals surface area (Å²) >= 11 is 0. The number of hydrogen-bond donors (Lipinski definition) is 6. The second-order valence-corrected chi connectivity index (χ2v) is 4.29. The minimum Gasteiger partial charge on any atom is -0.387 e. The summed E-state index contributed by atoms with van der Waals surface area (Å²) in [6, 6.07) is 0. The standard InChI is InChI=1S/C6H11O7P/c7-1-2(8)4(10)6(12,14-13)5(11)3(1)9/h1-5,7-12H/p+1/t1?,2-,3+,4-,5-,6?/m1/s1. The second kappa shape index (κ2) is 3.79. The van der Waals surface area contributed by atoms with E-state index in [0.717, 1.165) is 0 Å². The number of hydrogen-bond acceptors (Lipinski definition) is 7. The summed E-state index contributed by atoms with van der Waals surface area (Å²) < 4.78 is 10.6. The summed E-state index contributed by atoms with van der Waals surface area (Å²) in [5.41, 5.74) is 0. The lowest BCUT2D eigenvalue weighted by Crippen LogP contribution is -2.68. The van der Waals surface area contributed by atoms with Crippen molar-refractivity contribution < 1.29 is 35.2 Å². The molecular weight excluding hydrogens is 215 g/mol. The van der Waals surface area contributed by atoms with E-state index < -0.39 is 44.3 Å². The first-order valence-corrected chi connectivity index (χ1v) is 4.79. The molecule has 0 aromatic heterocycles. The monoisotopic (exact) mass is 227 g/mol. The Morgan fingerprint density at radius 3 is 1.50 bits per heavy atom. The summed E-state index contributed by atoms with van der Waals surface area (Å²) in [5.74, 6) is 0. The second-order valence-electron chi connectivity index (χ2n) is 3.29. The lowest BCUT2D eigenvalue weighted by Gasteiger charge is -2.40. The van der Waals surface area contributed by atoms with Crippen LogP contribution in [0.15, 0.2) is 0 Å². The van der Waals surface area contributed by atoms with Gasteiger partial charge in [-0.25, -0.2) is 0 Å². The first-order valence-electron chi connectivity index (χ1n) is 3.88. The van der Waals surface area contributed by atoms with Crippen molar-refractivity contribution in [3.05, 3.63) is 0 Å². The molecule has 7 atom stereocenters. The Morgan fingerprint density at radius 1 is 0.857 bits per heavy atom. The molecule has 82 valence electrons. The van der Waals surface area contributed by atoms with Gasteiger partial charge in [0.25, 0.3) is 0 Å². The van der Waals surface area contributed by atoms with Crippen LogP contribution in [0.2, 0.25) is 0 Å². The molecule has 0 saturated heterocycles. The maximum atomic E-state index is 10.6. The number of aliphatic hydroxyl groups is 6. The van der Waals surface area contributed by atoms with Crippen molar-refractivity contribution in [3.63, 3.8) is 0 Å². The Balaban J connectivity index is 3.04. The highest BCUT2D eigenvalue weighted by Gasteiger charge is 2.63. The number of aliphatic hydroxyl groups excluding tert-OH is 5. The molecule has 1 aliphatic carbocycles. The van der Waals surface area contributed by atoms with Crippen LogP contribution in [0.4, 0.5) is 0 Å². The van der Waals surface area contributed by atoms with Gasteiger partial charge in [0.2, 0.25) is 0 Å². The predicted molar refractivity (Wildman–Crippen MR) is 44.0 cm³/mol. The van der Waals surface area contributed by atoms with Crippen LogP contribution in [0.3, 0.4) is 0 Å². The van der Waals surface area contributed by atoms with Crippen LogP contribution in [-0.4, -0.2) is 66.5 Å². The largest absolute Gasteiger partial charge is 0.387 e. The molecule has 0 aromatic rings. The van der Waals surface area contributed by atoms with Crippen molar-refractivity contribution >= 4 is 8.46 Å². The Hall–Kier alpha value is -0.140. The number of rotatable bonds is 1. The van der Waals surface area contributed by atoms with Gasteiger partial charge >= 0.3 is 13.8 Å².